The second-order valence-corrected chi connectivity index (χ2v) is 10.3. The van der Waals surface area contributed by atoms with E-state index in [1.807, 2.05) is 6.07 Å². The van der Waals surface area contributed by atoms with Crippen LogP contribution in [0, 0.1) is 11.6 Å². The number of halogens is 2. The molecule has 2 N–H and O–H groups in total. The zero-order valence-corrected chi connectivity index (χ0v) is 23.0. The molecule has 0 unspecified atom stereocenters. The van der Waals surface area contributed by atoms with E-state index < -0.39 is 23.8 Å². The van der Waals surface area contributed by atoms with Gasteiger partial charge in [-0.05, 0) is 59.5 Å². The number of likely N-dealkylation sites (tertiary alicyclic amines) is 1. The Morgan fingerprint density at radius 3 is 2.43 bits per heavy atom. The first-order chi connectivity index (χ1) is 20.2. The molecule has 1 fully saturated rings. The van der Waals surface area contributed by atoms with Gasteiger partial charge in [0.25, 0.3) is 5.91 Å². The number of hydrogen-bond donors (Lipinski definition) is 2. The van der Waals surface area contributed by atoms with Gasteiger partial charge in [-0.2, -0.15) is 0 Å². The number of nitrogens with one attached hydrogen (secondary N) is 2. The van der Waals surface area contributed by atoms with E-state index in [9.17, 15) is 23.2 Å². The molecular weight excluding hydrogens is 548 g/mol. The first-order valence-corrected chi connectivity index (χ1v) is 13.6. The highest BCUT2D eigenvalue weighted by atomic mass is 19.1. The maximum atomic E-state index is 13.7. The molecule has 3 aliphatic heterocycles. The predicted octanol–water partition coefficient (Wildman–Crippen LogP) is 2.93. The highest BCUT2D eigenvalue weighted by molar-refractivity contribution is 5.80. The van der Waals surface area contributed by atoms with Crippen LogP contribution in [0.15, 0.2) is 60.7 Å². The van der Waals surface area contributed by atoms with Crippen LogP contribution in [0.25, 0.3) is 0 Å². The fourth-order valence-corrected chi connectivity index (χ4v) is 5.02. The van der Waals surface area contributed by atoms with E-state index in [2.05, 4.69) is 10.6 Å². The van der Waals surface area contributed by atoms with Crippen molar-refractivity contribution in [2.45, 2.75) is 38.0 Å². The van der Waals surface area contributed by atoms with E-state index in [1.165, 1.54) is 12.0 Å². The number of amides is 3. The van der Waals surface area contributed by atoms with Gasteiger partial charge in [0.15, 0.2) is 18.1 Å². The van der Waals surface area contributed by atoms with Crippen molar-refractivity contribution in [3.63, 3.8) is 0 Å². The van der Waals surface area contributed by atoms with E-state index in [0.29, 0.717) is 23.7 Å². The summed E-state index contributed by atoms with van der Waals surface area (Å²) in [6.45, 7) is 0.440. The summed E-state index contributed by atoms with van der Waals surface area (Å²) in [5.41, 5.74) is 1.87. The molecule has 3 amide bonds. The molecule has 3 aromatic carbocycles. The van der Waals surface area contributed by atoms with Gasteiger partial charge in [0.1, 0.15) is 23.5 Å². The van der Waals surface area contributed by atoms with Gasteiger partial charge in [-0.25, -0.2) is 8.78 Å². The van der Waals surface area contributed by atoms with E-state index in [4.69, 9.17) is 14.2 Å². The number of hydrogen-bond acceptors (Lipinski definition) is 6. The summed E-state index contributed by atoms with van der Waals surface area (Å²) in [5, 5.41) is 5.81. The van der Waals surface area contributed by atoms with Crippen LogP contribution in [-0.2, 0) is 33.8 Å². The minimum Gasteiger partial charge on any atom is -0.493 e. The third kappa shape index (κ3) is 7.34. The Hall–Kier alpha value is -4.67. The first kappa shape index (κ1) is 28.8. The largest absolute Gasteiger partial charge is 0.493 e. The van der Waals surface area contributed by atoms with Crippen LogP contribution in [0.5, 0.6) is 17.2 Å². The molecule has 11 heteroatoms. The summed E-state index contributed by atoms with van der Waals surface area (Å²) >= 11 is 0. The standard InChI is InChI=1S/C31H31F2N3O6/c1-40-26-8-4-19-5-9-29(37)35-25-16-36(31(39)13-21-10-22(32)14-23(33)11-21)17-28(25)42-24-6-2-20(3-7-24)15-34-30(38)18-41-27(26)12-19/h2-4,6-8,10-12,14,25,28H,5,9,13,15-18H2,1H3,(H,34,38)(H,35,37)/t25-,28-/m0/s1. The zero-order valence-electron chi connectivity index (χ0n) is 23.0. The lowest BCUT2D eigenvalue weighted by Gasteiger charge is -2.21. The minimum atomic E-state index is -0.755. The summed E-state index contributed by atoms with van der Waals surface area (Å²) < 4.78 is 44.6. The topological polar surface area (TPSA) is 106 Å². The molecule has 6 rings (SSSR count). The minimum absolute atomic E-state index is 0.153. The lowest BCUT2D eigenvalue weighted by Crippen LogP contribution is -2.45. The van der Waals surface area contributed by atoms with Gasteiger partial charge >= 0.3 is 0 Å². The van der Waals surface area contributed by atoms with Crippen LogP contribution in [0.1, 0.15) is 23.1 Å². The Morgan fingerprint density at radius 1 is 0.952 bits per heavy atom. The molecule has 4 bridgehead atoms. The lowest BCUT2D eigenvalue weighted by atomic mass is 10.1. The molecule has 3 heterocycles. The highest BCUT2D eigenvalue weighted by Crippen LogP contribution is 2.29. The van der Waals surface area contributed by atoms with Crippen molar-refractivity contribution < 1.29 is 37.4 Å². The lowest BCUT2D eigenvalue weighted by molar-refractivity contribution is -0.130. The number of benzene rings is 3. The average molecular weight is 580 g/mol. The summed E-state index contributed by atoms with van der Waals surface area (Å²) in [6, 6.07) is 14.9. The molecule has 0 aromatic heterocycles. The molecule has 0 aliphatic carbocycles. The maximum Gasteiger partial charge on any atom is 0.258 e. The first-order valence-electron chi connectivity index (χ1n) is 13.6. The van der Waals surface area contributed by atoms with Crippen LogP contribution in [0.4, 0.5) is 8.78 Å². The van der Waals surface area contributed by atoms with Crippen LogP contribution < -0.4 is 24.8 Å². The normalized spacial score (nSPS) is 19.3. The molecule has 9 nitrogen and oxygen atoms in total. The van der Waals surface area contributed by atoms with Crippen molar-refractivity contribution >= 4 is 17.7 Å². The van der Waals surface area contributed by atoms with E-state index in [-0.39, 0.29) is 62.4 Å². The third-order valence-corrected chi connectivity index (χ3v) is 7.17. The van der Waals surface area contributed by atoms with Crippen molar-refractivity contribution in [1.29, 1.82) is 0 Å². The van der Waals surface area contributed by atoms with Crippen molar-refractivity contribution in [2.75, 3.05) is 26.8 Å². The maximum absolute atomic E-state index is 13.7. The Labute approximate surface area is 241 Å². The molecule has 3 aromatic rings. The molecule has 3 aliphatic rings. The number of carbonyl (C=O) groups excluding carboxylic acids is 3. The molecule has 2 atom stereocenters. The fourth-order valence-electron chi connectivity index (χ4n) is 5.02. The van der Waals surface area contributed by atoms with Crippen LogP contribution in [-0.4, -0.2) is 61.6 Å². The van der Waals surface area contributed by atoms with Gasteiger partial charge in [0.05, 0.1) is 26.1 Å². The molecule has 0 radical (unpaired) electrons. The Bertz CT molecular complexity index is 1450. The molecular formula is C31H31F2N3O6. The monoisotopic (exact) mass is 579 g/mol. The molecule has 0 saturated carbocycles. The Morgan fingerprint density at radius 2 is 1.69 bits per heavy atom. The van der Waals surface area contributed by atoms with E-state index in [0.717, 1.165) is 29.3 Å². The van der Waals surface area contributed by atoms with Gasteiger partial charge in [0, 0.05) is 25.6 Å². The quantitative estimate of drug-likeness (QED) is 0.495. The summed E-state index contributed by atoms with van der Waals surface area (Å²) in [4.78, 5) is 40.1. The number of methoxy groups -OCH3 is 1. The average Bonchev–Trinajstić information content (AvgIpc) is 3.35. The van der Waals surface area contributed by atoms with Crippen LogP contribution in [0.2, 0.25) is 0 Å². The predicted molar refractivity (Wildman–Crippen MR) is 148 cm³/mol. The number of ether oxygens (including phenoxy) is 3. The summed E-state index contributed by atoms with van der Waals surface area (Å²) in [7, 11) is 1.51. The van der Waals surface area contributed by atoms with Crippen LogP contribution >= 0.6 is 0 Å². The molecule has 1 saturated heterocycles. The fraction of sp³-hybridized carbons (Fsp3) is 0.323. The van der Waals surface area contributed by atoms with E-state index >= 15 is 0 Å². The Balaban J connectivity index is 1.35. The van der Waals surface area contributed by atoms with Crippen molar-refractivity contribution in [3.8, 4) is 17.2 Å². The number of nitrogens with zero attached hydrogens (tertiary/aromatic N) is 1. The van der Waals surface area contributed by atoms with Gasteiger partial charge in [0.2, 0.25) is 11.8 Å². The number of aryl methyl sites for hydroxylation is 1. The summed E-state index contributed by atoms with van der Waals surface area (Å²) in [5.74, 6) is -0.999. The zero-order chi connectivity index (χ0) is 29.6. The van der Waals surface area contributed by atoms with Gasteiger partial charge in [-0.3, -0.25) is 14.4 Å². The van der Waals surface area contributed by atoms with Gasteiger partial charge in [-0.1, -0.05) is 18.2 Å². The number of fused-ring (bicyclic) bond motifs is 9. The van der Waals surface area contributed by atoms with E-state index in [1.54, 1.807) is 36.4 Å². The number of carbonyl (C=O) groups is 3. The smallest absolute Gasteiger partial charge is 0.258 e. The van der Waals surface area contributed by atoms with Crippen molar-refractivity contribution in [1.82, 2.24) is 15.5 Å². The van der Waals surface area contributed by atoms with Gasteiger partial charge < -0.3 is 29.7 Å². The molecule has 220 valence electrons. The summed E-state index contributed by atoms with van der Waals surface area (Å²) in [6.07, 6.45) is -0.202. The van der Waals surface area contributed by atoms with Crippen LogP contribution in [0.3, 0.4) is 0 Å². The third-order valence-electron chi connectivity index (χ3n) is 7.17. The number of rotatable bonds is 3. The van der Waals surface area contributed by atoms with Crippen molar-refractivity contribution in [2.24, 2.45) is 0 Å². The highest BCUT2D eigenvalue weighted by Gasteiger charge is 2.37. The molecule has 42 heavy (non-hydrogen) atoms. The Kier molecular flexibility index (Phi) is 8.85. The second-order valence-electron chi connectivity index (χ2n) is 10.3. The molecule has 0 spiro atoms. The second kappa shape index (κ2) is 12.9. The van der Waals surface area contributed by atoms with Gasteiger partial charge in [-0.15, -0.1) is 0 Å². The van der Waals surface area contributed by atoms with Crippen molar-refractivity contribution in [3.05, 3.63) is 89.0 Å². The SMILES string of the molecule is COc1ccc2cc1OCC(=O)NCc1ccc(cc1)O[C@H]1CN(C(=O)Cc3cc(F)cc(F)c3)C[C@@H]1NC(=O)CC2.